The summed E-state index contributed by atoms with van der Waals surface area (Å²) in [5.74, 6) is 0.990. The molecule has 0 aliphatic carbocycles. The lowest BCUT2D eigenvalue weighted by molar-refractivity contribution is 0.239. The lowest BCUT2D eigenvalue weighted by Crippen LogP contribution is -2.31. The highest BCUT2D eigenvalue weighted by atomic mass is 15.3. The number of hydrogen-bond donors (Lipinski definition) is 0. The molecule has 0 fully saturated rings. The van der Waals surface area contributed by atoms with E-state index in [-0.39, 0.29) is 0 Å². The summed E-state index contributed by atoms with van der Waals surface area (Å²) in [7, 11) is 1.96. The Morgan fingerprint density at radius 3 is 3.00 bits per heavy atom. The molecule has 0 N–H and O–H groups in total. The predicted molar refractivity (Wildman–Crippen MR) is 77.1 cm³/mol. The fourth-order valence-corrected chi connectivity index (χ4v) is 2.67. The third-order valence-electron chi connectivity index (χ3n) is 3.69. The van der Waals surface area contributed by atoms with Crippen molar-refractivity contribution in [3.8, 4) is 0 Å². The van der Waals surface area contributed by atoms with Gasteiger partial charge >= 0.3 is 0 Å². The van der Waals surface area contributed by atoms with Crippen LogP contribution in [0.3, 0.4) is 0 Å². The molecule has 106 valence electrons. The summed E-state index contributed by atoms with van der Waals surface area (Å²) in [6.45, 7) is 5.04. The van der Waals surface area contributed by atoms with E-state index in [4.69, 9.17) is 4.98 Å². The van der Waals surface area contributed by atoms with Crippen molar-refractivity contribution in [2.24, 2.45) is 7.05 Å². The van der Waals surface area contributed by atoms with Crippen molar-refractivity contribution in [3.63, 3.8) is 0 Å². The standard InChI is InChI=1S/C15H21N5/c1-3-4-15-16-9-12-10-20(8-6-14(12)17-15)11-13-5-7-19(2)18-13/h5,7,9H,3-4,6,8,10-11H2,1-2H3. The van der Waals surface area contributed by atoms with Gasteiger partial charge in [-0.3, -0.25) is 9.58 Å². The van der Waals surface area contributed by atoms with E-state index in [0.717, 1.165) is 50.4 Å². The zero-order valence-electron chi connectivity index (χ0n) is 12.2. The molecule has 0 saturated carbocycles. The highest BCUT2D eigenvalue weighted by molar-refractivity contribution is 5.21. The minimum absolute atomic E-state index is 0.900. The Kier molecular flexibility index (Phi) is 3.78. The quantitative estimate of drug-likeness (QED) is 0.849. The molecule has 3 rings (SSSR count). The second kappa shape index (κ2) is 5.71. The van der Waals surface area contributed by atoms with Crippen molar-refractivity contribution in [2.75, 3.05) is 6.54 Å². The van der Waals surface area contributed by atoms with Crippen LogP contribution in [0.2, 0.25) is 0 Å². The van der Waals surface area contributed by atoms with Crippen LogP contribution in [0.25, 0.3) is 0 Å². The Balaban J connectivity index is 1.69. The van der Waals surface area contributed by atoms with Gasteiger partial charge in [-0.2, -0.15) is 5.10 Å². The van der Waals surface area contributed by atoms with E-state index in [9.17, 15) is 0 Å². The van der Waals surface area contributed by atoms with Crippen molar-refractivity contribution >= 4 is 0 Å². The van der Waals surface area contributed by atoms with Gasteiger partial charge < -0.3 is 0 Å². The van der Waals surface area contributed by atoms with Crippen molar-refractivity contribution in [2.45, 2.75) is 39.3 Å². The molecule has 2 aromatic rings. The topological polar surface area (TPSA) is 46.8 Å². The zero-order chi connectivity index (χ0) is 13.9. The van der Waals surface area contributed by atoms with Crippen LogP contribution in [0.1, 0.15) is 36.1 Å². The van der Waals surface area contributed by atoms with Gasteiger partial charge in [0.05, 0.1) is 5.69 Å². The summed E-state index contributed by atoms with van der Waals surface area (Å²) >= 11 is 0. The number of hydrogen-bond acceptors (Lipinski definition) is 4. The van der Waals surface area contributed by atoms with Gasteiger partial charge in [0.2, 0.25) is 0 Å². The van der Waals surface area contributed by atoms with Crippen molar-refractivity contribution in [1.29, 1.82) is 0 Å². The first kappa shape index (κ1) is 13.2. The monoisotopic (exact) mass is 271 g/mol. The number of nitrogens with zero attached hydrogens (tertiary/aromatic N) is 5. The number of aromatic nitrogens is 4. The Labute approximate surface area is 119 Å². The average Bonchev–Trinajstić information content (AvgIpc) is 2.85. The zero-order valence-corrected chi connectivity index (χ0v) is 12.2. The first-order valence-corrected chi connectivity index (χ1v) is 7.29. The molecule has 20 heavy (non-hydrogen) atoms. The lowest BCUT2D eigenvalue weighted by Gasteiger charge is -2.27. The summed E-state index contributed by atoms with van der Waals surface area (Å²) in [4.78, 5) is 11.6. The van der Waals surface area contributed by atoms with Crippen molar-refractivity contribution in [3.05, 3.63) is 41.2 Å². The SMILES string of the molecule is CCCc1ncc2c(n1)CCN(Cc1ccn(C)n1)C2. The largest absolute Gasteiger partial charge is 0.293 e. The van der Waals surface area contributed by atoms with Crippen molar-refractivity contribution < 1.29 is 0 Å². The van der Waals surface area contributed by atoms with E-state index in [0.29, 0.717) is 0 Å². The summed E-state index contributed by atoms with van der Waals surface area (Å²) in [6, 6.07) is 2.08. The van der Waals surface area contributed by atoms with Gasteiger partial charge in [-0.25, -0.2) is 9.97 Å². The molecule has 0 unspecified atom stereocenters. The molecule has 5 heteroatoms. The van der Waals surface area contributed by atoms with Crippen LogP contribution >= 0.6 is 0 Å². The highest BCUT2D eigenvalue weighted by Crippen LogP contribution is 2.18. The number of aryl methyl sites for hydroxylation is 2. The van der Waals surface area contributed by atoms with Crippen LogP contribution in [0.4, 0.5) is 0 Å². The first-order chi connectivity index (χ1) is 9.74. The van der Waals surface area contributed by atoms with Gasteiger partial charge in [0.25, 0.3) is 0 Å². The predicted octanol–water partition coefficient (Wildman–Crippen LogP) is 1.72. The molecule has 0 bridgehead atoms. The normalized spacial score (nSPS) is 15.3. The van der Waals surface area contributed by atoms with E-state index in [1.54, 1.807) is 0 Å². The summed E-state index contributed by atoms with van der Waals surface area (Å²) in [5.41, 5.74) is 3.63. The maximum absolute atomic E-state index is 4.69. The average molecular weight is 271 g/mol. The van der Waals surface area contributed by atoms with Gasteiger partial charge in [0.15, 0.2) is 0 Å². The van der Waals surface area contributed by atoms with Crippen LogP contribution in [0, 0.1) is 0 Å². The fraction of sp³-hybridized carbons (Fsp3) is 0.533. The Bertz CT molecular complexity index is 590. The van der Waals surface area contributed by atoms with E-state index in [2.05, 4.69) is 28.0 Å². The molecule has 2 aromatic heterocycles. The molecular weight excluding hydrogens is 250 g/mol. The van der Waals surface area contributed by atoms with Crippen LogP contribution in [-0.4, -0.2) is 31.2 Å². The van der Waals surface area contributed by atoms with Crippen LogP contribution < -0.4 is 0 Å². The van der Waals surface area contributed by atoms with Crippen LogP contribution in [-0.2, 0) is 33.0 Å². The third kappa shape index (κ3) is 2.88. The molecule has 0 saturated heterocycles. The highest BCUT2D eigenvalue weighted by Gasteiger charge is 2.19. The molecule has 1 aliphatic heterocycles. The minimum atomic E-state index is 0.900. The van der Waals surface area contributed by atoms with Crippen LogP contribution in [0.15, 0.2) is 18.5 Å². The Hall–Kier alpha value is -1.75. The Morgan fingerprint density at radius 1 is 1.35 bits per heavy atom. The van der Waals surface area contributed by atoms with Crippen LogP contribution in [0.5, 0.6) is 0 Å². The second-order valence-corrected chi connectivity index (χ2v) is 5.45. The molecule has 5 nitrogen and oxygen atoms in total. The van der Waals surface area contributed by atoms with Gasteiger partial charge in [0.1, 0.15) is 5.82 Å². The Morgan fingerprint density at radius 2 is 2.25 bits per heavy atom. The smallest absolute Gasteiger partial charge is 0.128 e. The molecule has 1 aliphatic rings. The maximum Gasteiger partial charge on any atom is 0.128 e. The molecular formula is C15H21N5. The molecule has 0 radical (unpaired) electrons. The number of fused-ring (bicyclic) bond motifs is 1. The van der Waals surface area contributed by atoms with E-state index < -0.39 is 0 Å². The van der Waals surface area contributed by atoms with E-state index >= 15 is 0 Å². The summed E-state index contributed by atoms with van der Waals surface area (Å²) in [6.07, 6.45) is 7.10. The van der Waals surface area contributed by atoms with Gasteiger partial charge in [-0.15, -0.1) is 0 Å². The van der Waals surface area contributed by atoms with Gasteiger partial charge in [-0.1, -0.05) is 6.92 Å². The molecule has 0 spiro atoms. The van der Waals surface area contributed by atoms with Gasteiger partial charge in [-0.05, 0) is 12.5 Å². The molecule has 0 atom stereocenters. The fourth-order valence-electron chi connectivity index (χ4n) is 2.67. The summed E-state index contributed by atoms with van der Waals surface area (Å²) in [5, 5.41) is 4.44. The molecule has 0 amide bonds. The molecule has 0 aromatic carbocycles. The maximum atomic E-state index is 4.69. The summed E-state index contributed by atoms with van der Waals surface area (Å²) < 4.78 is 1.85. The number of rotatable bonds is 4. The third-order valence-corrected chi connectivity index (χ3v) is 3.69. The van der Waals surface area contributed by atoms with Crippen molar-refractivity contribution in [1.82, 2.24) is 24.6 Å². The second-order valence-electron chi connectivity index (χ2n) is 5.45. The first-order valence-electron chi connectivity index (χ1n) is 7.29. The van der Waals surface area contributed by atoms with E-state index in [1.807, 2.05) is 24.1 Å². The minimum Gasteiger partial charge on any atom is -0.293 e. The van der Waals surface area contributed by atoms with E-state index in [1.165, 1.54) is 11.3 Å². The lowest BCUT2D eigenvalue weighted by atomic mass is 10.1. The molecule has 3 heterocycles. The van der Waals surface area contributed by atoms with Gasteiger partial charge in [0, 0.05) is 63.2 Å².